The fourth-order valence-corrected chi connectivity index (χ4v) is 4.44. The Morgan fingerprint density at radius 3 is 2.62 bits per heavy atom. The molecular formula is C21H33N5O3. The molecule has 0 radical (unpaired) electrons. The molecule has 1 unspecified atom stereocenters. The molecule has 1 aromatic heterocycles. The van der Waals surface area contributed by atoms with Crippen LogP contribution in [0.3, 0.4) is 0 Å². The smallest absolute Gasteiger partial charge is 0.325 e. The molecule has 1 saturated carbocycles. The summed E-state index contributed by atoms with van der Waals surface area (Å²) in [6, 6.07) is 1.57. The van der Waals surface area contributed by atoms with E-state index in [4.69, 9.17) is 0 Å². The number of rotatable bonds is 7. The van der Waals surface area contributed by atoms with Crippen LogP contribution in [-0.2, 0) is 16.1 Å². The molecule has 160 valence electrons. The maximum Gasteiger partial charge on any atom is 0.325 e. The molecule has 0 aromatic carbocycles. The second-order valence-corrected chi connectivity index (χ2v) is 8.77. The summed E-state index contributed by atoms with van der Waals surface area (Å²) in [4.78, 5) is 38.7. The van der Waals surface area contributed by atoms with Gasteiger partial charge >= 0.3 is 6.03 Å². The molecule has 1 aliphatic heterocycles. The topological polar surface area (TPSA) is 96.3 Å². The van der Waals surface area contributed by atoms with Gasteiger partial charge in [0.1, 0.15) is 12.1 Å². The molecule has 1 atom stereocenters. The number of nitrogens with zero attached hydrogens (tertiary/aromatic N) is 3. The SMILES string of the molecule is CCC1CCC2(CC1)NC(=O)N(CC(=O)NCC(C)Cn1nc(C)cc1C)C2=O. The maximum atomic E-state index is 12.9. The standard InChI is InChI=1S/C21H33N5O3/c1-5-17-6-8-21(9-7-17)19(28)25(20(29)23-21)13-18(27)22-11-14(2)12-26-16(4)10-15(3)24-26/h10,14,17H,5-9,11-13H2,1-4H3,(H,22,27)(H,23,29). The molecule has 1 spiro atoms. The normalized spacial score (nSPS) is 25.4. The van der Waals surface area contributed by atoms with Crippen LogP contribution in [-0.4, -0.2) is 51.2 Å². The lowest BCUT2D eigenvalue weighted by atomic mass is 9.75. The number of nitrogens with one attached hydrogen (secondary N) is 2. The molecule has 8 heteroatoms. The first kappa shape index (κ1) is 21.3. The van der Waals surface area contributed by atoms with Gasteiger partial charge in [0.15, 0.2) is 0 Å². The van der Waals surface area contributed by atoms with Gasteiger partial charge in [0.2, 0.25) is 5.91 Å². The molecule has 1 aromatic rings. The second kappa shape index (κ2) is 8.55. The Morgan fingerprint density at radius 2 is 2.03 bits per heavy atom. The Kier molecular flexibility index (Phi) is 6.29. The van der Waals surface area contributed by atoms with E-state index in [1.165, 1.54) is 0 Å². The number of aryl methyl sites for hydroxylation is 2. The third-order valence-corrected chi connectivity index (χ3v) is 6.32. The molecule has 3 rings (SSSR count). The van der Waals surface area contributed by atoms with Gasteiger partial charge in [-0.15, -0.1) is 0 Å². The molecule has 2 heterocycles. The molecule has 29 heavy (non-hydrogen) atoms. The van der Waals surface area contributed by atoms with Crippen molar-refractivity contribution >= 4 is 17.8 Å². The zero-order valence-corrected chi connectivity index (χ0v) is 18.0. The Morgan fingerprint density at radius 1 is 1.34 bits per heavy atom. The van der Waals surface area contributed by atoms with E-state index in [0.717, 1.165) is 35.6 Å². The first-order chi connectivity index (χ1) is 13.7. The molecule has 1 saturated heterocycles. The van der Waals surface area contributed by atoms with Gasteiger partial charge in [-0.1, -0.05) is 20.3 Å². The van der Waals surface area contributed by atoms with Crippen molar-refractivity contribution in [1.29, 1.82) is 0 Å². The average Bonchev–Trinajstić information content (AvgIpc) is 3.11. The van der Waals surface area contributed by atoms with Gasteiger partial charge in [-0.2, -0.15) is 5.10 Å². The van der Waals surface area contributed by atoms with Crippen molar-refractivity contribution in [2.75, 3.05) is 13.1 Å². The van der Waals surface area contributed by atoms with Gasteiger partial charge in [-0.25, -0.2) is 4.79 Å². The van der Waals surface area contributed by atoms with Crippen LogP contribution in [0.1, 0.15) is 57.3 Å². The summed E-state index contributed by atoms with van der Waals surface area (Å²) in [6.45, 7) is 9.09. The zero-order chi connectivity index (χ0) is 21.2. The summed E-state index contributed by atoms with van der Waals surface area (Å²) in [5, 5.41) is 10.2. The van der Waals surface area contributed by atoms with Crippen molar-refractivity contribution in [3.63, 3.8) is 0 Å². The van der Waals surface area contributed by atoms with E-state index in [1.807, 2.05) is 31.5 Å². The van der Waals surface area contributed by atoms with E-state index in [2.05, 4.69) is 22.7 Å². The predicted octanol–water partition coefficient (Wildman–Crippen LogP) is 2.14. The average molecular weight is 404 g/mol. The first-order valence-electron chi connectivity index (χ1n) is 10.7. The highest BCUT2D eigenvalue weighted by Gasteiger charge is 2.52. The molecule has 8 nitrogen and oxygen atoms in total. The Labute approximate surface area is 172 Å². The zero-order valence-electron chi connectivity index (χ0n) is 18.0. The second-order valence-electron chi connectivity index (χ2n) is 8.77. The van der Waals surface area contributed by atoms with Crippen molar-refractivity contribution in [3.05, 3.63) is 17.5 Å². The Bertz CT molecular complexity index is 779. The van der Waals surface area contributed by atoms with Crippen LogP contribution in [0.2, 0.25) is 0 Å². The highest BCUT2D eigenvalue weighted by molar-refractivity contribution is 6.09. The van der Waals surface area contributed by atoms with Gasteiger partial charge in [-0.05, 0) is 57.4 Å². The first-order valence-corrected chi connectivity index (χ1v) is 10.7. The lowest BCUT2D eigenvalue weighted by Crippen LogP contribution is -2.50. The van der Waals surface area contributed by atoms with Gasteiger partial charge in [0.05, 0.1) is 5.69 Å². The number of aromatic nitrogens is 2. The highest BCUT2D eigenvalue weighted by atomic mass is 16.2. The summed E-state index contributed by atoms with van der Waals surface area (Å²) in [6.07, 6.45) is 4.29. The van der Waals surface area contributed by atoms with E-state index in [9.17, 15) is 14.4 Å². The van der Waals surface area contributed by atoms with Gasteiger partial charge in [0, 0.05) is 18.8 Å². The summed E-state index contributed by atoms with van der Waals surface area (Å²) >= 11 is 0. The van der Waals surface area contributed by atoms with Gasteiger partial charge < -0.3 is 10.6 Å². The van der Waals surface area contributed by atoms with Crippen LogP contribution in [0.4, 0.5) is 4.79 Å². The monoisotopic (exact) mass is 403 g/mol. The summed E-state index contributed by atoms with van der Waals surface area (Å²) < 4.78 is 1.93. The minimum absolute atomic E-state index is 0.177. The molecule has 0 bridgehead atoms. The number of imide groups is 1. The van der Waals surface area contributed by atoms with Crippen LogP contribution >= 0.6 is 0 Å². The number of urea groups is 1. The van der Waals surface area contributed by atoms with E-state index >= 15 is 0 Å². The van der Waals surface area contributed by atoms with Crippen LogP contribution in [0.5, 0.6) is 0 Å². The summed E-state index contributed by atoms with van der Waals surface area (Å²) in [5.41, 5.74) is 1.26. The van der Waals surface area contributed by atoms with E-state index in [0.29, 0.717) is 31.8 Å². The number of hydrogen-bond acceptors (Lipinski definition) is 4. The van der Waals surface area contributed by atoms with Crippen LogP contribution < -0.4 is 10.6 Å². The quantitative estimate of drug-likeness (QED) is 0.682. The van der Waals surface area contributed by atoms with Gasteiger partial charge in [0.25, 0.3) is 5.91 Å². The number of hydrogen-bond donors (Lipinski definition) is 2. The van der Waals surface area contributed by atoms with E-state index in [-0.39, 0.29) is 24.3 Å². The molecule has 2 fully saturated rings. The number of amides is 4. The summed E-state index contributed by atoms with van der Waals surface area (Å²) in [5.74, 6) is 0.234. The largest absolute Gasteiger partial charge is 0.354 e. The lowest BCUT2D eigenvalue weighted by Gasteiger charge is -2.34. The highest BCUT2D eigenvalue weighted by Crippen LogP contribution is 2.37. The summed E-state index contributed by atoms with van der Waals surface area (Å²) in [7, 11) is 0. The molecule has 4 amide bonds. The molecular weight excluding hydrogens is 370 g/mol. The van der Waals surface area contributed by atoms with Crippen molar-refractivity contribution in [3.8, 4) is 0 Å². The van der Waals surface area contributed by atoms with Crippen molar-refractivity contribution in [2.24, 2.45) is 11.8 Å². The fourth-order valence-electron chi connectivity index (χ4n) is 4.44. The third-order valence-electron chi connectivity index (χ3n) is 6.32. The maximum absolute atomic E-state index is 12.9. The third kappa shape index (κ3) is 4.62. The van der Waals surface area contributed by atoms with E-state index < -0.39 is 11.6 Å². The molecule has 2 N–H and O–H groups in total. The minimum Gasteiger partial charge on any atom is -0.354 e. The minimum atomic E-state index is -0.800. The van der Waals surface area contributed by atoms with E-state index in [1.54, 1.807) is 0 Å². The molecule has 1 aliphatic carbocycles. The van der Waals surface area contributed by atoms with Crippen molar-refractivity contribution in [1.82, 2.24) is 25.3 Å². The van der Waals surface area contributed by atoms with Gasteiger partial charge in [-0.3, -0.25) is 19.2 Å². The number of carbonyl (C=O) groups excluding carboxylic acids is 3. The fraction of sp³-hybridized carbons (Fsp3) is 0.714. The predicted molar refractivity (Wildman–Crippen MR) is 109 cm³/mol. The Balaban J connectivity index is 1.49. The van der Waals surface area contributed by atoms with Crippen molar-refractivity contribution < 1.29 is 14.4 Å². The lowest BCUT2D eigenvalue weighted by molar-refractivity contribution is -0.136. The van der Waals surface area contributed by atoms with Crippen LogP contribution in [0.15, 0.2) is 6.07 Å². The Hall–Kier alpha value is -2.38. The van der Waals surface area contributed by atoms with Crippen LogP contribution in [0, 0.1) is 25.7 Å². The van der Waals surface area contributed by atoms with Crippen LogP contribution in [0.25, 0.3) is 0 Å². The van der Waals surface area contributed by atoms with Crippen molar-refractivity contribution in [2.45, 2.75) is 71.9 Å². The number of carbonyl (C=O) groups is 3. The molecule has 2 aliphatic rings.